The van der Waals surface area contributed by atoms with Crippen LogP contribution in [0.4, 0.5) is 0 Å². The van der Waals surface area contributed by atoms with Crippen LogP contribution in [0.3, 0.4) is 0 Å². The van der Waals surface area contributed by atoms with Crippen molar-refractivity contribution in [1.29, 1.82) is 0 Å². The predicted molar refractivity (Wildman–Crippen MR) is 129 cm³/mol. The highest BCUT2D eigenvalue weighted by Gasteiger charge is 2.27. The van der Waals surface area contributed by atoms with E-state index in [0.717, 1.165) is 18.9 Å². The average Bonchev–Trinajstić information content (AvgIpc) is 3.13. The van der Waals surface area contributed by atoms with Gasteiger partial charge in [-0.2, -0.15) is 0 Å². The maximum atomic E-state index is 12.7. The zero-order valence-corrected chi connectivity index (χ0v) is 20.0. The van der Waals surface area contributed by atoms with Gasteiger partial charge in [-0.15, -0.1) is 0 Å². The summed E-state index contributed by atoms with van der Waals surface area (Å²) in [5.41, 5.74) is 0.364. The molecule has 0 aliphatic carbocycles. The first kappa shape index (κ1) is 25.4. The van der Waals surface area contributed by atoms with Crippen LogP contribution in [-0.2, 0) is 20.8 Å². The minimum atomic E-state index is -0.760. The van der Waals surface area contributed by atoms with E-state index in [1.54, 1.807) is 11.0 Å². The Kier molecular flexibility index (Phi) is 8.76. The second kappa shape index (κ2) is 11.7. The van der Waals surface area contributed by atoms with Crippen LogP contribution < -0.4 is 0 Å². The third-order valence-electron chi connectivity index (χ3n) is 5.58. The molecule has 2 atom stereocenters. The molecule has 0 saturated heterocycles. The number of phenols is 2. The quantitative estimate of drug-likeness (QED) is 0.373. The maximum absolute atomic E-state index is 12.7. The highest BCUT2D eigenvalue weighted by molar-refractivity contribution is 6.33. The van der Waals surface area contributed by atoms with Gasteiger partial charge in [0.25, 0.3) is 5.91 Å². The molecule has 0 saturated carbocycles. The van der Waals surface area contributed by atoms with Gasteiger partial charge < -0.3 is 24.7 Å². The molecule has 2 heterocycles. The van der Waals surface area contributed by atoms with Crippen molar-refractivity contribution in [2.45, 2.75) is 51.6 Å². The van der Waals surface area contributed by atoms with Gasteiger partial charge in [-0.05, 0) is 44.7 Å². The lowest BCUT2D eigenvalue weighted by molar-refractivity contribution is -0.137. The summed E-state index contributed by atoms with van der Waals surface area (Å²) in [4.78, 5) is 32.4. The molecule has 0 radical (unpaired) electrons. The van der Waals surface area contributed by atoms with E-state index in [-0.39, 0.29) is 59.5 Å². The molecule has 1 amide bonds. The number of amides is 1. The number of nitrogens with zero attached hydrogens (tertiary/aromatic N) is 2. The molecular weight excluding hydrogens is 460 g/mol. The summed E-state index contributed by atoms with van der Waals surface area (Å²) >= 11 is 6.30. The number of hydrogen-bond donors (Lipinski definition) is 2. The number of benzene rings is 1. The topological polar surface area (TPSA) is 109 Å². The molecule has 1 aromatic carbocycles. The number of aromatic hydroxyl groups is 2. The Bertz CT molecular complexity index is 1030. The largest absolute Gasteiger partial charge is 0.507 e. The second-order valence-corrected chi connectivity index (χ2v) is 8.54. The van der Waals surface area contributed by atoms with Gasteiger partial charge in [0.1, 0.15) is 17.1 Å². The molecule has 0 spiro atoms. The molecule has 0 fully saturated rings. The normalized spacial score (nSPS) is 24.3. The van der Waals surface area contributed by atoms with E-state index in [4.69, 9.17) is 21.2 Å². The third-order valence-corrected chi connectivity index (χ3v) is 6.00. The number of rotatable bonds is 3. The molecule has 2 aliphatic heterocycles. The van der Waals surface area contributed by atoms with Crippen LogP contribution in [0.15, 0.2) is 47.7 Å². The molecule has 9 heteroatoms. The fourth-order valence-corrected chi connectivity index (χ4v) is 4.11. The Labute approximate surface area is 203 Å². The smallest absolute Gasteiger partial charge is 0.342 e. The van der Waals surface area contributed by atoms with Gasteiger partial charge in [-0.25, -0.2) is 4.79 Å². The standard InChI is InChI=1S/C25H29ClN2O6/c1-16-10-11-17(2)28(16)22(31)15-34-27-18-9-7-5-3-4-6-8-12-33-25(32)23-19(13-18)24(26)21(30)14-20(23)29/h4,6-7,9-11,14,16-17,29-30H,3,5,8,12-13,15H2,1-2H3/b6-4+,9-7+,27-18+. The number of carbonyl (C=O) groups excluding carboxylic acids is 2. The monoisotopic (exact) mass is 488 g/mol. The minimum absolute atomic E-state index is 0.0243. The maximum Gasteiger partial charge on any atom is 0.342 e. The summed E-state index contributed by atoms with van der Waals surface area (Å²) in [5.74, 6) is -1.79. The predicted octanol–water partition coefficient (Wildman–Crippen LogP) is 4.29. The van der Waals surface area contributed by atoms with Crippen molar-refractivity contribution in [3.63, 3.8) is 0 Å². The molecular formula is C25H29ClN2O6. The first-order chi connectivity index (χ1) is 16.3. The first-order valence-electron chi connectivity index (χ1n) is 11.2. The van der Waals surface area contributed by atoms with Crippen molar-refractivity contribution >= 4 is 29.2 Å². The molecule has 3 rings (SSSR count). The van der Waals surface area contributed by atoms with Crippen molar-refractivity contribution in [2.75, 3.05) is 13.2 Å². The molecule has 2 unspecified atom stereocenters. The van der Waals surface area contributed by atoms with E-state index in [1.807, 2.05) is 44.2 Å². The summed E-state index contributed by atoms with van der Waals surface area (Å²) in [6.07, 6.45) is 13.4. The lowest BCUT2D eigenvalue weighted by Gasteiger charge is -2.25. The number of halogens is 1. The summed E-state index contributed by atoms with van der Waals surface area (Å²) in [6, 6.07) is 0.951. The Balaban J connectivity index is 1.88. The van der Waals surface area contributed by atoms with Crippen LogP contribution >= 0.6 is 11.6 Å². The SMILES string of the molecule is CC1C=CC(C)N1C(=O)CO/N=C1\C=C\CC/C=C/CCOC(=O)c2c(O)cc(O)c(Cl)c2C1. The highest BCUT2D eigenvalue weighted by Crippen LogP contribution is 2.37. The Morgan fingerprint density at radius 3 is 2.56 bits per heavy atom. The summed E-state index contributed by atoms with van der Waals surface area (Å²) in [5, 5.41) is 24.5. The van der Waals surface area contributed by atoms with Crippen LogP contribution in [0, 0.1) is 0 Å². The van der Waals surface area contributed by atoms with Crippen molar-refractivity contribution in [1.82, 2.24) is 4.90 Å². The Morgan fingerprint density at radius 1 is 1.15 bits per heavy atom. The lowest BCUT2D eigenvalue weighted by Crippen LogP contribution is -2.41. The molecule has 0 bridgehead atoms. The summed E-state index contributed by atoms with van der Waals surface area (Å²) in [7, 11) is 0. The van der Waals surface area contributed by atoms with Crippen molar-refractivity contribution in [2.24, 2.45) is 5.16 Å². The highest BCUT2D eigenvalue weighted by atomic mass is 35.5. The lowest BCUT2D eigenvalue weighted by atomic mass is 9.99. The van der Waals surface area contributed by atoms with Gasteiger partial charge in [0.2, 0.25) is 0 Å². The van der Waals surface area contributed by atoms with Crippen LogP contribution in [0.1, 0.15) is 49.0 Å². The number of ether oxygens (including phenoxy) is 1. The van der Waals surface area contributed by atoms with Crippen LogP contribution in [-0.4, -0.2) is 58.0 Å². The van der Waals surface area contributed by atoms with Crippen molar-refractivity contribution in [3.8, 4) is 11.5 Å². The van der Waals surface area contributed by atoms with E-state index in [2.05, 4.69) is 5.16 Å². The first-order valence-corrected chi connectivity index (χ1v) is 11.6. The van der Waals surface area contributed by atoms with E-state index in [1.165, 1.54) is 0 Å². The molecule has 0 aromatic heterocycles. The molecule has 8 nitrogen and oxygen atoms in total. The van der Waals surface area contributed by atoms with Gasteiger partial charge in [-0.1, -0.05) is 47.1 Å². The molecule has 2 N–H and O–H groups in total. The van der Waals surface area contributed by atoms with Crippen LogP contribution in [0.5, 0.6) is 11.5 Å². The minimum Gasteiger partial charge on any atom is -0.507 e. The van der Waals surface area contributed by atoms with Gasteiger partial charge >= 0.3 is 5.97 Å². The number of cyclic esters (lactones) is 1. The summed E-state index contributed by atoms with van der Waals surface area (Å²) < 4.78 is 5.28. The number of fused-ring (bicyclic) bond motifs is 1. The number of allylic oxidation sites excluding steroid dienone is 3. The fourth-order valence-electron chi connectivity index (χ4n) is 3.90. The number of phenolic OH excluding ortho intramolecular Hbond substituents is 2. The zero-order valence-electron chi connectivity index (χ0n) is 19.2. The van der Waals surface area contributed by atoms with Gasteiger partial charge in [-0.3, -0.25) is 4.79 Å². The third kappa shape index (κ3) is 6.20. The van der Waals surface area contributed by atoms with E-state index < -0.39 is 11.7 Å². The zero-order chi connectivity index (χ0) is 24.7. The molecule has 2 aliphatic rings. The fraction of sp³-hybridized carbons (Fsp3) is 0.400. The number of oxime groups is 1. The second-order valence-electron chi connectivity index (χ2n) is 8.16. The molecule has 182 valence electrons. The molecule has 34 heavy (non-hydrogen) atoms. The number of esters is 1. The number of hydrogen-bond acceptors (Lipinski definition) is 7. The van der Waals surface area contributed by atoms with Gasteiger partial charge in [0.15, 0.2) is 6.61 Å². The van der Waals surface area contributed by atoms with Gasteiger partial charge in [0.05, 0.1) is 17.3 Å². The van der Waals surface area contributed by atoms with E-state index >= 15 is 0 Å². The van der Waals surface area contributed by atoms with E-state index in [9.17, 15) is 19.8 Å². The average molecular weight is 489 g/mol. The molecule has 1 aromatic rings. The van der Waals surface area contributed by atoms with Crippen molar-refractivity contribution in [3.05, 3.63) is 58.7 Å². The van der Waals surface area contributed by atoms with Crippen LogP contribution in [0.25, 0.3) is 0 Å². The summed E-state index contributed by atoms with van der Waals surface area (Å²) in [6.45, 7) is 3.73. The Morgan fingerprint density at radius 2 is 1.82 bits per heavy atom. The van der Waals surface area contributed by atoms with Crippen LogP contribution in [0.2, 0.25) is 5.02 Å². The van der Waals surface area contributed by atoms with E-state index in [0.29, 0.717) is 12.1 Å². The van der Waals surface area contributed by atoms with Gasteiger partial charge in [0, 0.05) is 24.6 Å². The van der Waals surface area contributed by atoms with Crippen molar-refractivity contribution < 1.29 is 29.4 Å². The Hall–Kier alpha value is -3.26. The number of carbonyl (C=O) groups is 2.